The number of methoxy groups -OCH3 is 1. The number of piperidine rings is 1. The Kier molecular flexibility index (Phi) is 5.16. The third kappa shape index (κ3) is 3.89. The van der Waals surface area contributed by atoms with Crippen LogP contribution in [0.2, 0.25) is 0 Å². The molecular weight excluding hydrogens is 278 g/mol. The van der Waals surface area contributed by atoms with Crippen LogP contribution in [0.25, 0.3) is 0 Å². The first-order valence-electron chi connectivity index (χ1n) is 8.61. The number of aromatic nitrogens is 2. The summed E-state index contributed by atoms with van der Waals surface area (Å²) in [4.78, 5) is 2.47. The second kappa shape index (κ2) is 7.11. The summed E-state index contributed by atoms with van der Waals surface area (Å²) in [5.74, 6) is 0.705. The fourth-order valence-corrected chi connectivity index (χ4v) is 3.74. The van der Waals surface area contributed by atoms with Gasteiger partial charge in [-0.2, -0.15) is 5.10 Å². The molecule has 5 heteroatoms. The van der Waals surface area contributed by atoms with Gasteiger partial charge < -0.3 is 9.84 Å². The molecule has 1 atom stereocenters. The van der Waals surface area contributed by atoms with Crippen LogP contribution in [-0.2, 0) is 11.3 Å². The van der Waals surface area contributed by atoms with Gasteiger partial charge in [0.2, 0.25) is 0 Å². The lowest BCUT2D eigenvalue weighted by atomic mass is 9.77. The molecule has 1 saturated heterocycles. The van der Waals surface area contributed by atoms with Gasteiger partial charge >= 0.3 is 0 Å². The molecule has 2 fully saturated rings. The first kappa shape index (κ1) is 16.0. The normalized spacial score (nSPS) is 26.5. The Bertz CT molecular complexity index is 472. The highest BCUT2D eigenvalue weighted by molar-refractivity contribution is 5.17. The van der Waals surface area contributed by atoms with Crippen molar-refractivity contribution in [1.82, 2.24) is 15.1 Å². The standard InChI is InChI=1S/C17H29N3O2/c1-22-9-3-7-17(13-21)6-2-8-20(12-17)11-15-10-16(19-18-15)14-4-5-14/h10,14,21H,2-9,11-13H2,1H3,(H,18,19)/t17-/m0/s1. The quantitative estimate of drug-likeness (QED) is 0.723. The minimum absolute atomic E-state index is 0.0517. The molecule has 2 heterocycles. The van der Waals surface area contributed by atoms with Crippen molar-refractivity contribution in [3.05, 3.63) is 17.5 Å². The minimum atomic E-state index is 0.0517. The van der Waals surface area contributed by atoms with Crippen LogP contribution in [0.3, 0.4) is 0 Å². The van der Waals surface area contributed by atoms with Gasteiger partial charge in [-0.05, 0) is 51.1 Å². The molecule has 0 radical (unpaired) electrons. The molecule has 2 N–H and O–H groups in total. The molecule has 0 aromatic carbocycles. The van der Waals surface area contributed by atoms with Gasteiger partial charge in [0.25, 0.3) is 0 Å². The van der Waals surface area contributed by atoms with Crippen LogP contribution in [0.1, 0.15) is 55.8 Å². The second-order valence-electron chi connectivity index (χ2n) is 7.16. The zero-order valence-electron chi connectivity index (χ0n) is 13.7. The minimum Gasteiger partial charge on any atom is -0.396 e. The topological polar surface area (TPSA) is 61.4 Å². The molecule has 22 heavy (non-hydrogen) atoms. The van der Waals surface area contributed by atoms with E-state index in [1.54, 1.807) is 7.11 Å². The van der Waals surface area contributed by atoms with Gasteiger partial charge in [0.15, 0.2) is 0 Å². The van der Waals surface area contributed by atoms with Gasteiger partial charge in [-0.15, -0.1) is 0 Å². The molecule has 1 aromatic heterocycles. The van der Waals surface area contributed by atoms with Gasteiger partial charge in [0.05, 0.1) is 5.69 Å². The van der Waals surface area contributed by atoms with E-state index in [9.17, 15) is 5.11 Å². The van der Waals surface area contributed by atoms with Crippen LogP contribution in [0.4, 0.5) is 0 Å². The molecule has 0 bridgehead atoms. The van der Waals surface area contributed by atoms with E-state index in [1.165, 1.54) is 24.2 Å². The molecular formula is C17H29N3O2. The molecule has 0 spiro atoms. The number of hydrogen-bond acceptors (Lipinski definition) is 4. The lowest BCUT2D eigenvalue weighted by Crippen LogP contribution is -2.45. The zero-order valence-corrected chi connectivity index (χ0v) is 13.7. The lowest BCUT2D eigenvalue weighted by Gasteiger charge is -2.42. The van der Waals surface area contributed by atoms with E-state index >= 15 is 0 Å². The van der Waals surface area contributed by atoms with Gasteiger partial charge in [-0.3, -0.25) is 10.00 Å². The van der Waals surface area contributed by atoms with E-state index in [1.807, 2.05) is 0 Å². The highest BCUT2D eigenvalue weighted by atomic mass is 16.5. The Morgan fingerprint density at radius 3 is 3.09 bits per heavy atom. The van der Waals surface area contributed by atoms with Crippen LogP contribution in [-0.4, -0.2) is 53.6 Å². The predicted octanol–water partition coefficient (Wildman–Crippen LogP) is 2.29. The van der Waals surface area contributed by atoms with Crippen molar-refractivity contribution in [2.45, 2.75) is 51.0 Å². The third-order valence-corrected chi connectivity index (χ3v) is 5.17. The number of aromatic amines is 1. The average Bonchev–Trinajstić information content (AvgIpc) is 3.28. The third-order valence-electron chi connectivity index (χ3n) is 5.17. The van der Waals surface area contributed by atoms with Crippen molar-refractivity contribution in [2.24, 2.45) is 5.41 Å². The molecule has 0 amide bonds. The Labute approximate surface area is 133 Å². The fraction of sp³-hybridized carbons (Fsp3) is 0.824. The van der Waals surface area contributed by atoms with E-state index in [-0.39, 0.29) is 12.0 Å². The molecule has 1 aliphatic carbocycles. The number of likely N-dealkylation sites (tertiary alicyclic amines) is 1. The molecule has 0 unspecified atom stereocenters. The summed E-state index contributed by atoms with van der Waals surface area (Å²) in [6.45, 7) is 4.08. The number of nitrogens with zero attached hydrogens (tertiary/aromatic N) is 2. The van der Waals surface area contributed by atoms with Crippen molar-refractivity contribution in [1.29, 1.82) is 0 Å². The van der Waals surface area contributed by atoms with Crippen molar-refractivity contribution >= 4 is 0 Å². The van der Waals surface area contributed by atoms with E-state index in [4.69, 9.17) is 4.74 Å². The Morgan fingerprint density at radius 2 is 2.36 bits per heavy atom. The molecule has 1 aliphatic heterocycles. The van der Waals surface area contributed by atoms with Crippen LogP contribution in [0, 0.1) is 5.41 Å². The number of aliphatic hydroxyl groups excluding tert-OH is 1. The number of ether oxygens (including phenoxy) is 1. The Morgan fingerprint density at radius 1 is 1.50 bits per heavy atom. The predicted molar refractivity (Wildman–Crippen MR) is 85.7 cm³/mol. The van der Waals surface area contributed by atoms with Gasteiger partial charge in [-0.1, -0.05) is 0 Å². The van der Waals surface area contributed by atoms with E-state index < -0.39 is 0 Å². The number of nitrogens with one attached hydrogen (secondary N) is 1. The van der Waals surface area contributed by atoms with Crippen molar-refractivity contribution in [3.63, 3.8) is 0 Å². The van der Waals surface area contributed by atoms with E-state index in [0.29, 0.717) is 5.92 Å². The number of rotatable bonds is 8. The van der Waals surface area contributed by atoms with Crippen LogP contribution < -0.4 is 0 Å². The van der Waals surface area contributed by atoms with Gasteiger partial charge in [0, 0.05) is 50.4 Å². The van der Waals surface area contributed by atoms with Gasteiger partial charge in [-0.25, -0.2) is 0 Å². The molecule has 5 nitrogen and oxygen atoms in total. The highest BCUT2D eigenvalue weighted by Gasteiger charge is 2.34. The van der Waals surface area contributed by atoms with Crippen molar-refractivity contribution < 1.29 is 9.84 Å². The first-order valence-corrected chi connectivity index (χ1v) is 8.61. The summed E-state index contributed by atoms with van der Waals surface area (Å²) >= 11 is 0. The van der Waals surface area contributed by atoms with Crippen molar-refractivity contribution in [3.8, 4) is 0 Å². The molecule has 2 aliphatic rings. The van der Waals surface area contributed by atoms with E-state index in [2.05, 4.69) is 21.2 Å². The maximum absolute atomic E-state index is 9.92. The second-order valence-corrected chi connectivity index (χ2v) is 7.16. The lowest BCUT2D eigenvalue weighted by molar-refractivity contribution is 0.0154. The first-order chi connectivity index (χ1) is 10.7. The summed E-state index contributed by atoms with van der Waals surface area (Å²) in [5.41, 5.74) is 2.50. The fourth-order valence-electron chi connectivity index (χ4n) is 3.74. The smallest absolute Gasteiger partial charge is 0.0656 e. The Hall–Kier alpha value is -0.910. The monoisotopic (exact) mass is 307 g/mol. The SMILES string of the molecule is COCCC[C@@]1(CO)CCCN(Cc2cc(C3CC3)n[nH]2)C1. The summed E-state index contributed by atoms with van der Waals surface area (Å²) in [6.07, 6.45) is 6.95. The molecule has 3 rings (SSSR count). The van der Waals surface area contributed by atoms with E-state index in [0.717, 1.165) is 51.9 Å². The highest BCUT2D eigenvalue weighted by Crippen LogP contribution is 2.39. The zero-order chi connectivity index (χ0) is 15.4. The number of aliphatic hydroxyl groups is 1. The van der Waals surface area contributed by atoms with Crippen LogP contribution in [0.5, 0.6) is 0 Å². The molecule has 1 aromatic rings. The summed E-state index contributed by atoms with van der Waals surface area (Å²) in [5, 5.41) is 17.6. The maximum atomic E-state index is 9.92. The largest absolute Gasteiger partial charge is 0.396 e. The summed E-state index contributed by atoms with van der Waals surface area (Å²) in [6, 6.07) is 2.23. The summed E-state index contributed by atoms with van der Waals surface area (Å²) < 4.78 is 5.17. The van der Waals surface area contributed by atoms with Gasteiger partial charge in [0.1, 0.15) is 0 Å². The van der Waals surface area contributed by atoms with Crippen LogP contribution >= 0.6 is 0 Å². The average molecular weight is 307 g/mol. The number of H-pyrrole nitrogens is 1. The van der Waals surface area contributed by atoms with Crippen LogP contribution in [0.15, 0.2) is 6.07 Å². The number of hydrogen-bond donors (Lipinski definition) is 2. The summed E-state index contributed by atoms with van der Waals surface area (Å²) in [7, 11) is 1.74. The van der Waals surface area contributed by atoms with Crippen molar-refractivity contribution in [2.75, 3.05) is 33.4 Å². The molecule has 124 valence electrons. The molecule has 1 saturated carbocycles. The maximum Gasteiger partial charge on any atom is 0.0656 e. The Balaban J connectivity index is 1.56.